The molecule has 2 rings (SSSR count). The zero-order valence-electron chi connectivity index (χ0n) is 10.5. The standard InChI is InChI=1S/C14H15BrN2O2/c1-2-11(14(18)17-16)19-12-8-7-9-5-3-4-6-10(9)13(12)15/h3-8,11H,2,16H2,1H3,(H,17,18)/t11-/m0/s1. The summed E-state index contributed by atoms with van der Waals surface area (Å²) in [6, 6.07) is 11.8. The number of ether oxygens (including phenoxy) is 1. The first-order chi connectivity index (χ1) is 9.17. The van der Waals surface area contributed by atoms with Gasteiger partial charge in [-0.1, -0.05) is 37.3 Å². The van der Waals surface area contributed by atoms with E-state index in [1.54, 1.807) is 0 Å². The van der Waals surface area contributed by atoms with Crippen molar-refractivity contribution >= 4 is 32.6 Å². The van der Waals surface area contributed by atoms with Gasteiger partial charge >= 0.3 is 0 Å². The van der Waals surface area contributed by atoms with E-state index in [1.807, 2.05) is 43.3 Å². The minimum Gasteiger partial charge on any atom is -0.479 e. The van der Waals surface area contributed by atoms with Crippen molar-refractivity contribution in [3.8, 4) is 5.75 Å². The third kappa shape index (κ3) is 2.88. The monoisotopic (exact) mass is 322 g/mol. The van der Waals surface area contributed by atoms with Crippen LogP contribution in [-0.4, -0.2) is 12.0 Å². The molecule has 0 heterocycles. The second kappa shape index (κ2) is 6.04. The molecule has 1 amide bonds. The number of amides is 1. The molecule has 1 atom stereocenters. The predicted octanol–water partition coefficient (Wildman–Crippen LogP) is 2.75. The number of halogens is 1. The van der Waals surface area contributed by atoms with Crippen LogP contribution in [0.5, 0.6) is 5.75 Å². The van der Waals surface area contributed by atoms with Crippen LogP contribution in [0, 0.1) is 0 Å². The third-order valence-corrected chi connectivity index (χ3v) is 3.72. The first-order valence-electron chi connectivity index (χ1n) is 6.01. The molecule has 0 saturated heterocycles. The number of hydrazine groups is 1. The van der Waals surface area contributed by atoms with Crippen LogP contribution in [0.2, 0.25) is 0 Å². The number of hydrogen-bond donors (Lipinski definition) is 2. The van der Waals surface area contributed by atoms with Crippen molar-refractivity contribution in [3.05, 3.63) is 40.9 Å². The number of hydrogen-bond acceptors (Lipinski definition) is 3. The van der Waals surface area contributed by atoms with Crippen LogP contribution in [0.1, 0.15) is 13.3 Å². The van der Waals surface area contributed by atoms with E-state index in [1.165, 1.54) is 0 Å². The van der Waals surface area contributed by atoms with Gasteiger partial charge in [0.25, 0.3) is 5.91 Å². The molecular weight excluding hydrogens is 308 g/mol. The normalized spacial score (nSPS) is 12.2. The Bertz CT molecular complexity index is 601. The Morgan fingerprint density at radius 2 is 2.11 bits per heavy atom. The fraction of sp³-hybridized carbons (Fsp3) is 0.214. The number of carbonyl (C=O) groups excluding carboxylic acids is 1. The zero-order valence-corrected chi connectivity index (χ0v) is 12.1. The lowest BCUT2D eigenvalue weighted by atomic mass is 10.1. The molecule has 0 fully saturated rings. The molecule has 0 aliphatic rings. The van der Waals surface area contributed by atoms with Crippen molar-refractivity contribution in [2.24, 2.45) is 5.84 Å². The molecule has 0 aliphatic heterocycles. The molecule has 0 aliphatic carbocycles. The molecule has 3 N–H and O–H groups in total. The van der Waals surface area contributed by atoms with Crippen LogP contribution >= 0.6 is 15.9 Å². The molecule has 4 nitrogen and oxygen atoms in total. The van der Waals surface area contributed by atoms with Crippen LogP contribution in [0.3, 0.4) is 0 Å². The van der Waals surface area contributed by atoms with Crippen LogP contribution in [0.15, 0.2) is 40.9 Å². The molecule has 0 spiro atoms. The molecule has 100 valence electrons. The Balaban J connectivity index is 2.35. The highest BCUT2D eigenvalue weighted by molar-refractivity contribution is 9.10. The molecule has 0 saturated carbocycles. The highest BCUT2D eigenvalue weighted by Crippen LogP contribution is 2.33. The Morgan fingerprint density at radius 1 is 1.37 bits per heavy atom. The van der Waals surface area contributed by atoms with E-state index < -0.39 is 6.10 Å². The summed E-state index contributed by atoms with van der Waals surface area (Å²) in [6.07, 6.45) is -0.0510. The van der Waals surface area contributed by atoms with Crippen molar-refractivity contribution in [2.45, 2.75) is 19.4 Å². The highest BCUT2D eigenvalue weighted by atomic mass is 79.9. The average Bonchev–Trinajstić information content (AvgIpc) is 2.46. The van der Waals surface area contributed by atoms with Crippen LogP contribution < -0.4 is 16.0 Å². The fourth-order valence-electron chi connectivity index (χ4n) is 1.87. The van der Waals surface area contributed by atoms with Gasteiger partial charge in [-0.2, -0.15) is 0 Å². The van der Waals surface area contributed by atoms with Crippen molar-refractivity contribution in [1.82, 2.24) is 5.43 Å². The van der Waals surface area contributed by atoms with Gasteiger partial charge in [0.2, 0.25) is 0 Å². The van der Waals surface area contributed by atoms with Gasteiger partial charge in [-0.25, -0.2) is 5.84 Å². The maximum atomic E-state index is 11.5. The first-order valence-corrected chi connectivity index (χ1v) is 6.81. The Kier molecular flexibility index (Phi) is 4.39. The molecule has 5 heteroatoms. The average molecular weight is 323 g/mol. The third-order valence-electron chi connectivity index (χ3n) is 2.90. The molecular formula is C14H15BrN2O2. The Labute approximate surface area is 120 Å². The summed E-state index contributed by atoms with van der Waals surface area (Å²) in [5, 5.41) is 2.15. The van der Waals surface area contributed by atoms with Crippen LogP contribution in [0.4, 0.5) is 0 Å². The summed E-state index contributed by atoms with van der Waals surface area (Å²) in [7, 11) is 0. The largest absolute Gasteiger partial charge is 0.479 e. The van der Waals surface area contributed by atoms with Crippen molar-refractivity contribution in [2.75, 3.05) is 0 Å². The van der Waals surface area contributed by atoms with E-state index in [4.69, 9.17) is 10.6 Å². The number of benzene rings is 2. The molecule has 2 aromatic rings. The molecule has 2 aromatic carbocycles. The molecule has 0 radical (unpaired) electrons. The van der Waals surface area contributed by atoms with E-state index in [0.29, 0.717) is 12.2 Å². The van der Waals surface area contributed by atoms with Crippen LogP contribution in [0.25, 0.3) is 10.8 Å². The van der Waals surface area contributed by atoms with Crippen LogP contribution in [-0.2, 0) is 4.79 Å². The SMILES string of the molecule is CC[C@H](Oc1ccc2ccccc2c1Br)C(=O)NN. The van der Waals surface area contributed by atoms with Crippen molar-refractivity contribution in [1.29, 1.82) is 0 Å². The molecule has 0 unspecified atom stereocenters. The maximum absolute atomic E-state index is 11.5. The van der Waals surface area contributed by atoms with Gasteiger partial charge in [0.1, 0.15) is 5.75 Å². The van der Waals surface area contributed by atoms with Gasteiger partial charge in [0.05, 0.1) is 4.47 Å². The van der Waals surface area contributed by atoms with Gasteiger partial charge in [-0.3, -0.25) is 10.2 Å². The lowest BCUT2D eigenvalue weighted by Gasteiger charge is -2.17. The van der Waals surface area contributed by atoms with E-state index in [2.05, 4.69) is 21.4 Å². The number of carbonyl (C=O) groups is 1. The lowest BCUT2D eigenvalue weighted by molar-refractivity contribution is -0.128. The first kappa shape index (κ1) is 13.8. The summed E-state index contributed by atoms with van der Waals surface area (Å²) < 4.78 is 6.56. The smallest absolute Gasteiger partial charge is 0.274 e. The minimum absolute atomic E-state index is 0.331. The van der Waals surface area contributed by atoms with Gasteiger partial charge in [0.15, 0.2) is 6.10 Å². The second-order valence-corrected chi connectivity index (χ2v) is 4.92. The molecule has 0 aromatic heterocycles. The fourth-order valence-corrected chi connectivity index (χ4v) is 2.46. The summed E-state index contributed by atoms with van der Waals surface area (Å²) in [5.74, 6) is 5.44. The summed E-state index contributed by atoms with van der Waals surface area (Å²) in [6.45, 7) is 1.87. The van der Waals surface area contributed by atoms with Crippen molar-refractivity contribution in [3.63, 3.8) is 0 Å². The minimum atomic E-state index is -0.595. The Hall–Kier alpha value is -1.59. The highest BCUT2D eigenvalue weighted by Gasteiger charge is 2.18. The number of nitrogens with two attached hydrogens (primary N) is 1. The molecule has 19 heavy (non-hydrogen) atoms. The van der Waals surface area contributed by atoms with Gasteiger partial charge in [-0.15, -0.1) is 0 Å². The van der Waals surface area contributed by atoms with Gasteiger partial charge in [0, 0.05) is 0 Å². The second-order valence-electron chi connectivity index (χ2n) is 4.12. The maximum Gasteiger partial charge on any atom is 0.274 e. The lowest BCUT2D eigenvalue weighted by Crippen LogP contribution is -2.41. The topological polar surface area (TPSA) is 64.3 Å². The number of nitrogens with one attached hydrogen (secondary N) is 1. The van der Waals surface area contributed by atoms with E-state index in [9.17, 15) is 4.79 Å². The summed E-state index contributed by atoms with van der Waals surface area (Å²) in [5.41, 5.74) is 2.11. The van der Waals surface area contributed by atoms with Gasteiger partial charge in [-0.05, 0) is 39.2 Å². The quantitative estimate of drug-likeness (QED) is 0.517. The molecule has 0 bridgehead atoms. The van der Waals surface area contributed by atoms with Crippen molar-refractivity contribution < 1.29 is 9.53 Å². The summed E-state index contributed by atoms with van der Waals surface area (Å²) >= 11 is 3.52. The predicted molar refractivity (Wildman–Crippen MR) is 78.7 cm³/mol. The number of fused-ring (bicyclic) bond motifs is 1. The van der Waals surface area contributed by atoms with E-state index >= 15 is 0 Å². The van der Waals surface area contributed by atoms with Gasteiger partial charge < -0.3 is 4.74 Å². The van der Waals surface area contributed by atoms with E-state index in [0.717, 1.165) is 15.2 Å². The number of rotatable bonds is 4. The van der Waals surface area contributed by atoms with E-state index in [-0.39, 0.29) is 5.91 Å². The summed E-state index contributed by atoms with van der Waals surface area (Å²) in [4.78, 5) is 11.5. The zero-order chi connectivity index (χ0) is 13.8. The Morgan fingerprint density at radius 3 is 2.79 bits per heavy atom.